The monoisotopic (exact) mass is 356 g/mol. The molecule has 0 heterocycles. The van der Waals surface area contributed by atoms with Crippen molar-refractivity contribution >= 4 is 23.0 Å². The molecular formula is C17H26NO5S+. The average Bonchev–Trinajstić information content (AvgIpc) is 2.51. The number of carbonyl (C=O) groups excluding carboxylic acids is 1. The van der Waals surface area contributed by atoms with Crippen molar-refractivity contribution in [3.63, 3.8) is 0 Å². The third-order valence-corrected chi connectivity index (χ3v) is 4.90. The molecule has 1 rings (SSSR count). The summed E-state index contributed by atoms with van der Waals surface area (Å²) in [4.78, 5) is 24.1. The molecule has 2 N–H and O–H groups in total. The number of hydrogen-bond donors (Lipinski definition) is 2. The first-order valence-electron chi connectivity index (χ1n) is 7.66. The highest BCUT2D eigenvalue weighted by Crippen LogP contribution is 2.10. The zero-order valence-corrected chi connectivity index (χ0v) is 15.4. The topological polar surface area (TPSA) is 84.9 Å². The van der Waals surface area contributed by atoms with Crippen LogP contribution in [0, 0.1) is 0 Å². The predicted molar refractivity (Wildman–Crippen MR) is 94.5 cm³/mol. The van der Waals surface area contributed by atoms with E-state index in [0.29, 0.717) is 5.75 Å². The Kier molecular flexibility index (Phi) is 8.07. The Bertz CT molecular complexity index is 530. The van der Waals surface area contributed by atoms with Crippen molar-refractivity contribution in [2.75, 3.05) is 25.2 Å². The van der Waals surface area contributed by atoms with Crippen LogP contribution in [0.5, 0.6) is 0 Å². The van der Waals surface area contributed by atoms with Crippen LogP contribution in [0.3, 0.4) is 0 Å². The number of benzene rings is 1. The maximum absolute atomic E-state index is 11.8. The average molecular weight is 356 g/mol. The fourth-order valence-electron chi connectivity index (χ4n) is 1.72. The van der Waals surface area contributed by atoms with Gasteiger partial charge in [-0.15, -0.1) is 0 Å². The molecule has 1 aromatic rings. The highest BCUT2D eigenvalue weighted by Gasteiger charge is 2.24. The van der Waals surface area contributed by atoms with Crippen LogP contribution in [-0.4, -0.2) is 54.0 Å². The van der Waals surface area contributed by atoms with E-state index in [2.05, 4.69) is 11.6 Å². The van der Waals surface area contributed by atoms with Crippen LogP contribution in [0.15, 0.2) is 35.2 Å². The molecule has 0 spiro atoms. The zero-order chi connectivity index (χ0) is 18.2. The molecule has 0 saturated heterocycles. The third-order valence-electron chi connectivity index (χ3n) is 3.04. The summed E-state index contributed by atoms with van der Waals surface area (Å²) in [5.41, 5.74) is -0.481. The number of ether oxygens (including phenoxy) is 2. The van der Waals surface area contributed by atoms with Gasteiger partial charge in [-0.2, -0.15) is 0 Å². The summed E-state index contributed by atoms with van der Waals surface area (Å²) in [6, 6.07) is 8.83. The third kappa shape index (κ3) is 8.21. The maximum atomic E-state index is 11.8. The molecule has 0 aliphatic carbocycles. The molecule has 0 fully saturated rings. The number of carboxylic acid groups (broad SMARTS) is 1. The molecule has 0 aromatic heterocycles. The summed E-state index contributed by atoms with van der Waals surface area (Å²) in [6.45, 7) is 5.56. The molecule has 7 heteroatoms. The normalized spacial score (nSPS) is 13.8. The highest BCUT2D eigenvalue weighted by atomic mass is 32.2. The van der Waals surface area contributed by atoms with E-state index in [1.807, 2.05) is 51.1 Å². The Balaban J connectivity index is 2.36. The number of hydrogen-bond acceptors (Lipinski definition) is 4. The van der Waals surface area contributed by atoms with Gasteiger partial charge in [0.1, 0.15) is 18.6 Å². The molecule has 0 bridgehead atoms. The first kappa shape index (κ1) is 20.3. The minimum atomic E-state index is -1.16. The number of amides is 1. The largest absolute Gasteiger partial charge is 0.480 e. The van der Waals surface area contributed by atoms with Gasteiger partial charge in [0.2, 0.25) is 0 Å². The quantitative estimate of drug-likeness (QED) is 0.698. The zero-order valence-electron chi connectivity index (χ0n) is 14.6. The summed E-state index contributed by atoms with van der Waals surface area (Å²) >= 11 is 0. The lowest BCUT2D eigenvalue weighted by atomic mass is 10.2. The van der Waals surface area contributed by atoms with Gasteiger partial charge in [0.25, 0.3) is 0 Å². The van der Waals surface area contributed by atoms with Gasteiger partial charge in [0.05, 0.1) is 12.2 Å². The van der Waals surface area contributed by atoms with Gasteiger partial charge in [-0.25, -0.2) is 9.59 Å². The second-order valence-electron chi connectivity index (χ2n) is 6.25. The Hall–Kier alpha value is -1.73. The molecule has 0 saturated carbocycles. The predicted octanol–water partition coefficient (Wildman–Crippen LogP) is 2.29. The van der Waals surface area contributed by atoms with Crippen LogP contribution in [0.1, 0.15) is 20.8 Å². The van der Waals surface area contributed by atoms with E-state index in [4.69, 9.17) is 14.6 Å². The van der Waals surface area contributed by atoms with Gasteiger partial charge < -0.3 is 19.9 Å². The molecule has 1 unspecified atom stereocenters. The van der Waals surface area contributed by atoms with E-state index < -0.39 is 23.7 Å². The van der Waals surface area contributed by atoms with Gasteiger partial charge >= 0.3 is 12.1 Å². The summed E-state index contributed by atoms with van der Waals surface area (Å²) in [5.74, 6) is -0.469. The number of nitrogens with one attached hydrogen (secondary N) is 1. The van der Waals surface area contributed by atoms with Crippen molar-refractivity contribution < 1.29 is 24.2 Å². The fraction of sp³-hybridized carbons (Fsp3) is 0.529. The van der Waals surface area contributed by atoms with E-state index >= 15 is 0 Å². The summed E-state index contributed by atoms with van der Waals surface area (Å²) in [7, 11) is -0.0325. The van der Waals surface area contributed by atoms with Crippen LogP contribution in [0.25, 0.3) is 0 Å². The summed E-state index contributed by atoms with van der Waals surface area (Å²) in [5, 5.41) is 11.5. The van der Waals surface area contributed by atoms with Gasteiger partial charge in [-0.3, -0.25) is 0 Å². The highest BCUT2D eigenvalue weighted by molar-refractivity contribution is 7.96. The summed E-state index contributed by atoms with van der Waals surface area (Å²) in [6.07, 6.45) is 1.33. The van der Waals surface area contributed by atoms with Crippen molar-refractivity contribution in [3.8, 4) is 0 Å². The smallest absolute Gasteiger partial charge is 0.408 e. The molecule has 24 heavy (non-hydrogen) atoms. The molecule has 0 radical (unpaired) electrons. The van der Waals surface area contributed by atoms with Crippen LogP contribution in [0.4, 0.5) is 4.79 Å². The number of carboxylic acids is 1. The van der Waals surface area contributed by atoms with Crippen molar-refractivity contribution in [2.45, 2.75) is 37.3 Å². The summed E-state index contributed by atoms with van der Waals surface area (Å²) < 4.78 is 10.5. The van der Waals surface area contributed by atoms with Crippen molar-refractivity contribution in [1.29, 1.82) is 0 Å². The Morgan fingerprint density at radius 3 is 2.42 bits per heavy atom. The fourth-order valence-corrected chi connectivity index (χ4v) is 2.91. The number of alkyl carbamates (subject to hydrolysis) is 1. The first-order valence-corrected chi connectivity index (χ1v) is 9.47. The molecule has 1 amide bonds. The Labute approximate surface area is 145 Å². The van der Waals surface area contributed by atoms with Crippen LogP contribution in [-0.2, 0) is 25.2 Å². The second kappa shape index (κ2) is 9.54. The minimum absolute atomic E-state index is 0.0325. The molecule has 2 atom stereocenters. The van der Waals surface area contributed by atoms with Crippen molar-refractivity contribution in [3.05, 3.63) is 30.3 Å². The maximum Gasteiger partial charge on any atom is 0.408 e. The van der Waals surface area contributed by atoms with Crippen LogP contribution >= 0.6 is 0 Å². The molecule has 0 aliphatic heterocycles. The number of carbonyl (C=O) groups is 2. The van der Waals surface area contributed by atoms with E-state index in [1.54, 1.807) is 0 Å². The van der Waals surface area contributed by atoms with Gasteiger partial charge in [0, 0.05) is 10.9 Å². The van der Waals surface area contributed by atoms with Gasteiger partial charge in [0.15, 0.2) is 10.9 Å². The molecule has 0 aliphatic rings. The van der Waals surface area contributed by atoms with E-state index in [-0.39, 0.29) is 24.1 Å². The lowest BCUT2D eigenvalue weighted by Crippen LogP contribution is -2.45. The molecule has 134 valence electrons. The molecule has 6 nitrogen and oxygen atoms in total. The molecule has 1 aromatic carbocycles. The van der Waals surface area contributed by atoms with Crippen LogP contribution in [0.2, 0.25) is 0 Å². The van der Waals surface area contributed by atoms with E-state index in [1.165, 1.54) is 4.90 Å². The molecular weight excluding hydrogens is 330 g/mol. The lowest BCUT2D eigenvalue weighted by Gasteiger charge is -2.22. The SMILES string of the molecule is C[S+](CCOC(=O)N[C@@H](COC(C)(C)C)C(=O)O)c1ccccc1. The Morgan fingerprint density at radius 1 is 1.25 bits per heavy atom. The van der Waals surface area contributed by atoms with E-state index in [9.17, 15) is 9.59 Å². The lowest BCUT2D eigenvalue weighted by molar-refractivity contribution is -0.142. The van der Waals surface area contributed by atoms with Gasteiger partial charge in [-0.05, 0) is 32.9 Å². The first-order chi connectivity index (χ1) is 11.2. The van der Waals surface area contributed by atoms with Crippen molar-refractivity contribution in [1.82, 2.24) is 5.32 Å². The number of aliphatic carboxylic acids is 1. The van der Waals surface area contributed by atoms with Crippen molar-refractivity contribution in [2.24, 2.45) is 0 Å². The van der Waals surface area contributed by atoms with Gasteiger partial charge in [-0.1, -0.05) is 18.2 Å². The van der Waals surface area contributed by atoms with Crippen LogP contribution < -0.4 is 5.32 Å². The second-order valence-corrected chi connectivity index (χ2v) is 8.40. The minimum Gasteiger partial charge on any atom is -0.480 e. The standard InChI is InChI=1S/C17H25NO5S/c1-17(2,3)23-12-14(15(19)20)18-16(21)22-10-11-24(4)13-8-6-5-7-9-13/h5-9,14H,10-12H2,1-4H3,(H-,18,19,20,21)/p+1/t14-,24?/m0/s1. The Morgan fingerprint density at radius 2 is 1.88 bits per heavy atom. The number of rotatable bonds is 8. The van der Waals surface area contributed by atoms with E-state index in [0.717, 1.165) is 0 Å².